The van der Waals surface area contributed by atoms with E-state index in [1.807, 2.05) is 95.6 Å². The number of hydroxylamine groups is 2. The van der Waals surface area contributed by atoms with E-state index in [1.54, 1.807) is 26.2 Å². The monoisotopic (exact) mass is 1100 g/mol. The van der Waals surface area contributed by atoms with Crippen LogP contribution in [0.2, 0.25) is 0 Å². The van der Waals surface area contributed by atoms with E-state index in [9.17, 15) is 43.2 Å². The van der Waals surface area contributed by atoms with Crippen molar-refractivity contribution in [2.75, 3.05) is 67.6 Å². The fourth-order valence-electron chi connectivity index (χ4n) is 12.5. The Bertz CT molecular complexity index is 2270. The van der Waals surface area contributed by atoms with Gasteiger partial charge in [0, 0.05) is 90.6 Å². The summed E-state index contributed by atoms with van der Waals surface area (Å²) in [5.74, 6) is -3.43. The van der Waals surface area contributed by atoms with Crippen LogP contribution in [0.5, 0.6) is 0 Å². The van der Waals surface area contributed by atoms with Gasteiger partial charge in [0.05, 0.1) is 55.3 Å². The number of unbranched alkanes of at least 4 members (excludes halogenated alkanes) is 2. The number of Topliss-reactive ketones (excluding diaryl/α,β-unsaturated/α-hetero) is 3. The lowest BCUT2D eigenvalue weighted by atomic mass is 9.83. The molecule has 79 heavy (non-hydrogen) atoms. The lowest BCUT2D eigenvalue weighted by Gasteiger charge is -2.41. The van der Waals surface area contributed by atoms with Gasteiger partial charge < -0.3 is 24.6 Å². The van der Waals surface area contributed by atoms with Crippen molar-refractivity contribution in [3.8, 4) is 0 Å². The van der Waals surface area contributed by atoms with Crippen LogP contribution in [-0.4, -0.2) is 175 Å². The van der Waals surface area contributed by atoms with Crippen LogP contribution in [0.15, 0.2) is 42.5 Å². The molecule has 0 aromatic heterocycles. The van der Waals surface area contributed by atoms with E-state index in [-0.39, 0.29) is 115 Å². The Morgan fingerprint density at radius 2 is 1.51 bits per heavy atom. The van der Waals surface area contributed by atoms with E-state index in [0.29, 0.717) is 77.7 Å². The van der Waals surface area contributed by atoms with E-state index < -0.39 is 47.6 Å². The van der Waals surface area contributed by atoms with Crippen molar-refractivity contribution in [3.63, 3.8) is 0 Å². The van der Waals surface area contributed by atoms with Gasteiger partial charge in [-0.25, -0.2) is 5.06 Å². The number of amides is 6. The molecule has 440 valence electrons. The van der Waals surface area contributed by atoms with Crippen LogP contribution in [-0.2, 0) is 57.5 Å². The predicted molar refractivity (Wildman–Crippen MR) is 300 cm³/mol. The third-order valence-electron chi connectivity index (χ3n) is 17.4. The van der Waals surface area contributed by atoms with Gasteiger partial charge in [-0.3, -0.25) is 57.8 Å². The number of carbonyl (C=O) groups is 9. The molecule has 6 amide bonds. The standard InChI is InChI=1S/C61H94N6O12/c1-12-42(6)57(64(9)59(75)46(40(2)3)35-49(69)56(41(4)5)63(8)30-21-25-45(68)39-62-52(71)27-17-14-18-31-66-53(72)28-29-54(66)73)51(77-10)36-55(74)65-32-22-26-48(65)58(78-11)43(7)50(70)38-61(60(76)67-33-19-20-34-79-67)37-47(61)44-23-15-13-16-24-44/h13,15-16,23-24,28-29,40-43,46-48,51,56-58H,12,14,17-22,25-27,30-39H2,1-11H3,(H,62,71)/t42-,43-,46-,47+,48-,51+,56-,57-,58+,61-/m0/s1. The number of methoxy groups -OCH3 is 2. The number of hydrogen-bond donors (Lipinski definition) is 1. The number of ketones is 3. The van der Waals surface area contributed by atoms with Crippen molar-refractivity contribution in [1.29, 1.82) is 0 Å². The zero-order chi connectivity index (χ0) is 58.1. The molecule has 0 radical (unpaired) electrons. The summed E-state index contributed by atoms with van der Waals surface area (Å²) in [6, 6.07) is 8.45. The molecule has 1 aromatic rings. The summed E-state index contributed by atoms with van der Waals surface area (Å²) >= 11 is 0. The lowest BCUT2D eigenvalue weighted by molar-refractivity contribution is -0.203. The Morgan fingerprint density at radius 1 is 0.810 bits per heavy atom. The first-order chi connectivity index (χ1) is 37.6. The van der Waals surface area contributed by atoms with Gasteiger partial charge >= 0.3 is 0 Å². The molecule has 18 heteroatoms. The highest BCUT2D eigenvalue weighted by Gasteiger charge is 2.63. The highest BCUT2D eigenvalue weighted by Crippen LogP contribution is 2.63. The van der Waals surface area contributed by atoms with E-state index in [4.69, 9.17) is 14.3 Å². The summed E-state index contributed by atoms with van der Waals surface area (Å²) in [6.45, 7) is 15.8. The van der Waals surface area contributed by atoms with Crippen molar-refractivity contribution >= 4 is 52.8 Å². The van der Waals surface area contributed by atoms with E-state index in [2.05, 4.69) is 5.32 Å². The maximum atomic E-state index is 14.8. The van der Waals surface area contributed by atoms with Gasteiger partial charge in [-0.05, 0) is 94.2 Å². The van der Waals surface area contributed by atoms with Crippen LogP contribution in [0.1, 0.15) is 156 Å². The predicted octanol–water partition coefficient (Wildman–Crippen LogP) is 6.73. The number of imide groups is 1. The van der Waals surface area contributed by atoms with Crippen molar-refractivity contribution in [2.45, 2.75) is 181 Å². The van der Waals surface area contributed by atoms with Gasteiger partial charge in [0.1, 0.15) is 5.78 Å². The van der Waals surface area contributed by atoms with Gasteiger partial charge in [-0.1, -0.05) is 91.6 Å². The molecule has 18 nitrogen and oxygen atoms in total. The Hall–Kier alpha value is -5.17. The van der Waals surface area contributed by atoms with Gasteiger partial charge in [-0.15, -0.1) is 0 Å². The fourth-order valence-corrected chi connectivity index (χ4v) is 12.5. The van der Waals surface area contributed by atoms with Crippen LogP contribution in [0.3, 0.4) is 0 Å². The maximum Gasteiger partial charge on any atom is 0.253 e. The first-order valence-electron chi connectivity index (χ1n) is 29.3. The maximum absolute atomic E-state index is 14.8. The zero-order valence-corrected chi connectivity index (χ0v) is 49.4. The van der Waals surface area contributed by atoms with Crippen LogP contribution in [0.25, 0.3) is 0 Å². The molecular weight excluding hydrogens is 1010 g/mol. The molecule has 0 bridgehead atoms. The van der Waals surface area contributed by atoms with Gasteiger partial charge in [0.2, 0.25) is 17.7 Å². The highest BCUT2D eigenvalue weighted by molar-refractivity contribution is 6.12. The van der Waals surface area contributed by atoms with Gasteiger partial charge in [0.15, 0.2) is 11.6 Å². The minimum atomic E-state index is -0.915. The second kappa shape index (κ2) is 30.6. The van der Waals surface area contributed by atoms with Crippen molar-refractivity contribution < 1.29 is 57.5 Å². The zero-order valence-electron chi connectivity index (χ0n) is 49.4. The third kappa shape index (κ3) is 16.9. The normalized spacial score (nSPS) is 22.0. The number of nitrogens with one attached hydrogen (secondary N) is 1. The molecule has 0 unspecified atom stereocenters. The van der Waals surface area contributed by atoms with E-state index in [1.165, 1.54) is 22.1 Å². The molecule has 10 atom stereocenters. The molecular formula is C61H94N6O12. The quantitative estimate of drug-likeness (QED) is 0.0561. The minimum absolute atomic E-state index is 0.00744. The second-order valence-electron chi connectivity index (χ2n) is 23.6. The van der Waals surface area contributed by atoms with Crippen molar-refractivity contribution in [2.24, 2.45) is 35.0 Å². The van der Waals surface area contributed by atoms with Crippen LogP contribution < -0.4 is 5.32 Å². The SMILES string of the molecule is CC[C@H](C)[C@@H]([C@@H](CC(=O)N1CCC[C@H]1[C@H](OC)[C@@H](C)C(=O)C[C@@]1(C(=O)N2CCCCO2)C[C@@H]1c1ccccc1)OC)N(C)C(=O)[C@@H](CC(=O)[C@H](C(C)C)N(C)CCCC(=O)CNC(=O)CCCCCN1C(=O)C=CC1=O)C(C)C. The average molecular weight is 1100 g/mol. The molecule has 0 spiro atoms. The molecule has 3 heterocycles. The molecule has 3 fully saturated rings. The minimum Gasteiger partial charge on any atom is -0.379 e. The Balaban J connectivity index is 1.16. The van der Waals surface area contributed by atoms with Crippen molar-refractivity contribution in [1.82, 2.24) is 30.0 Å². The summed E-state index contributed by atoms with van der Waals surface area (Å²) in [6.07, 6.45) is 8.28. The smallest absolute Gasteiger partial charge is 0.253 e. The van der Waals surface area contributed by atoms with Gasteiger partial charge in [0.25, 0.3) is 17.7 Å². The summed E-state index contributed by atoms with van der Waals surface area (Å²) in [5, 5.41) is 4.16. The number of carbonyl (C=O) groups excluding carboxylic acids is 9. The van der Waals surface area contributed by atoms with Crippen LogP contribution in [0, 0.1) is 35.0 Å². The van der Waals surface area contributed by atoms with Gasteiger partial charge in [-0.2, -0.15) is 0 Å². The molecule has 1 saturated carbocycles. The molecule has 1 N–H and O–H groups in total. The number of ether oxygens (including phenoxy) is 2. The lowest BCUT2D eigenvalue weighted by Crippen LogP contribution is -2.54. The fraction of sp³-hybridized carbons (Fsp3) is 0.721. The number of likely N-dealkylation sites (tertiary alicyclic amines) is 1. The molecule has 3 aliphatic heterocycles. The number of benzene rings is 1. The molecule has 1 aliphatic carbocycles. The Labute approximate surface area is 470 Å². The van der Waals surface area contributed by atoms with Crippen LogP contribution >= 0.6 is 0 Å². The Kier molecular flexibility index (Phi) is 25.0. The molecule has 1 aromatic carbocycles. The number of likely N-dealkylation sites (N-methyl/N-ethyl adjacent to an activating group) is 2. The molecule has 2 saturated heterocycles. The number of rotatable bonds is 34. The van der Waals surface area contributed by atoms with E-state index >= 15 is 0 Å². The average Bonchev–Trinajstić information content (AvgIpc) is 4.01. The largest absolute Gasteiger partial charge is 0.379 e. The third-order valence-corrected chi connectivity index (χ3v) is 17.4. The number of nitrogens with zero attached hydrogens (tertiary/aromatic N) is 5. The molecule has 4 aliphatic rings. The van der Waals surface area contributed by atoms with Crippen molar-refractivity contribution in [3.05, 3.63) is 48.0 Å². The summed E-state index contributed by atoms with van der Waals surface area (Å²) in [7, 11) is 6.74. The Morgan fingerprint density at radius 3 is 2.11 bits per heavy atom. The van der Waals surface area contributed by atoms with Crippen LogP contribution in [0.4, 0.5) is 0 Å². The second-order valence-corrected chi connectivity index (χ2v) is 23.6. The molecule has 5 rings (SSSR count). The highest BCUT2D eigenvalue weighted by atomic mass is 16.7. The first-order valence-corrected chi connectivity index (χ1v) is 29.3. The summed E-state index contributed by atoms with van der Waals surface area (Å²) in [4.78, 5) is 134. The topological polar surface area (TPSA) is 210 Å². The van der Waals surface area contributed by atoms with E-state index in [0.717, 1.165) is 24.8 Å². The number of hydrogen-bond acceptors (Lipinski definition) is 13. The summed E-state index contributed by atoms with van der Waals surface area (Å²) < 4.78 is 12.3. The first kappa shape index (κ1) is 64.6. The summed E-state index contributed by atoms with van der Waals surface area (Å²) in [5.41, 5.74) is 0.105.